The van der Waals surface area contributed by atoms with Gasteiger partial charge in [0.1, 0.15) is 0 Å². The molecule has 0 radical (unpaired) electrons. The zero-order valence-corrected chi connectivity index (χ0v) is 12.1. The summed E-state index contributed by atoms with van der Waals surface area (Å²) in [5, 5.41) is 4.03. The summed E-state index contributed by atoms with van der Waals surface area (Å²) in [6.45, 7) is 3.02. The molecule has 5 nitrogen and oxygen atoms in total. The van der Waals surface area contributed by atoms with Gasteiger partial charge in [-0.25, -0.2) is 0 Å². The Bertz CT molecular complexity index is 669. The van der Waals surface area contributed by atoms with Crippen molar-refractivity contribution < 1.29 is 9.59 Å². The van der Waals surface area contributed by atoms with Crippen molar-refractivity contribution in [1.82, 2.24) is 15.2 Å². The van der Waals surface area contributed by atoms with E-state index in [1.54, 1.807) is 6.92 Å². The van der Waals surface area contributed by atoms with Gasteiger partial charge in [-0.05, 0) is 31.0 Å². The maximum Gasteiger partial charge on any atom is 0.252 e. The number of benzene rings is 1. The SMILES string of the molecule is CC(=O)N1CCC(NC(=O)c2cccc3[nH]ccc23)CC1. The van der Waals surface area contributed by atoms with Crippen LogP contribution in [0.3, 0.4) is 0 Å². The van der Waals surface area contributed by atoms with Crippen LogP contribution in [0.4, 0.5) is 0 Å². The van der Waals surface area contributed by atoms with E-state index >= 15 is 0 Å². The standard InChI is InChI=1S/C16H19N3O2/c1-11(20)19-9-6-12(7-10-19)18-16(21)14-3-2-4-15-13(14)5-8-17-15/h2-5,8,12,17H,6-7,9-10H2,1H3,(H,18,21). The molecule has 0 saturated carbocycles. The van der Waals surface area contributed by atoms with E-state index < -0.39 is 0 Å². The van der Waals surface area contributed by atoms with Crippen LogP contribution >= 0.6 is 0 Å². The molecule has 3 rings (SSSR count). The monoisotopic (exact) mass is 285 g/mol. The number of rotatable bonds is 2. The molecule has 1 aliphatic rings. The molecule has 2 aromatic rings. The number of aromatic amines is 1. The van der Waals surface area contributed by atoms with Crippen LogP contribution in [0.25, 0.3) is 10.9 Å². The summed E-state index contributed by atoms with van der Waals surface area (Å²) in [4.78, 5) is 28.7. The lowest BCUT2D eigenvalue weighted by Crippen LogP contribution is -2.46. The van der Waals surface area contributed by atoms with Gasteiger partial charge in [-0.1, -0.05) is 6.07 Å². The molecule has 5 heteroatoms. The molecule has 1 saturated heterocycles. The molecule has 21 heavy (non-hydrogen) atoms. The highest BCUT2D eigenvalue weighted by molar-refractivity contribution is 6.06. The molecular formula is C16H19N3O2. The fourth-order valence-corrected chi connectivity index (χ4v) is 2.89. The van der Waals surface area contributed by atoms with E-state index in [0.29, 0.717) is 18.7 Å². The summed E-state index contributed by atoms with van der Waals surface area (Å²) >= 11 is 0. The summed E-state index contributed by atoms with van der Waals surface area (Å²) in [7, 11) is 0. The number of likely N-dealkylation sites (tertiary alicyclic amines) is 1. The summed E-state index contributed by atoms with van der Waals surface area (Å²) in [5.41, 5.74) is 1.66. The molecule has 2 heterocycles. The van der Waals surface area contributed by atoms with Crippen molar-refractivity contribution in [3.8, 4) is 0 Å². The van der Waals surface area contributed by atoms with Crippen LogP contribution in [0.2, 0.25) is 0 Å². The van der Waals surface area contributed by atoms with E-state index in [1.807, 2.05) is 35.4 Å². The molecule has 0 bridgehead atoms. The maximum atomic E-state index is 12.4. The summed E-state index contributed by atoms with van der Waals surface area (Å²) in [6, 6.07) is 7.74. The maximum absolute atomic E-state index is 12.4. The van der Waals surface area contributed by atoms with Crippen molar-refractivity contribution in [2.24, 2.45) is 0 Å². The number of nitrogens with zero attached hydrogens (tertiary/aromatic N) is 1. The second-order valence-corrected chi connectivity index (χ2v) is 5.50. The molecule has 2 N–H and O–H groups in total. The molecular weight excluding hydrogens is 266 g/mol. The lowest BCUT2D eigenvalue weighted by Gasteiger charge is -2.31. The Morgan fingerprint density at radius 3 is 2.71 bits per heavy atom. The number of carbonyl (C=O) groups is 2. The van der Waals surface area contributed by atoms with Gasteiger partial charge >= 0.3 is 0 Å². The molecule has 0 unspecified atom stereocenters. The van der Waals surface area contributed by atoms with Crippen LogP contribution in [-0.2, 0) is 4.79 Å². The van der Waals surface area contributed by atoms with Crippen LogP contribution in [0.1, 0.15) is 30.1 Å². The molecule has 1 aromatic heterocycles. The van der Waals surface area contributed by atoms with Crippen LogP contribution < -0.4 is 5.32 Å². The Morgan fingerprint density at radius 1 is 1.24 bits per heavy atom. The fraction of sp³-hybridized carbons (Fsp3) is 0.375. The zero-order chi connectivity index (χ0) is 14.8. The van der Waals surface area contributed by atoms with E-state index in [9.17, 15) is 9.59 Å². The molecule has 0 spiro atoms. The van der Waals surface area contributed by atoms with Crippen molar-refractivity contribution in [1.29, 1.82) is 0 Å². The Labute approximate surface area is 123 Å². The van der Waals surface area contributed by atoms with Gasteiger partial charge in [0.2, 0.25) is 5.91 Å². The Hall–Kier alpha value is -2.30. The zero-order valence-electron chi connectivity index (χ0n) is 12.1. The number of amides is 2. The Balaban J connectivity index is 1.67. The molecule has 1 aliphatic heterocycles. The third-order valence-corrected chi connectivity index (χ3v) is 4.12. The lowest BCUT2D eigenvalue weighted by atomic mass is 10.0. The highest BCUT2D eigenvalue weighted by Gasteiger charge is 2.22. The number of fused-ring (bicyclic) bond motifs is 1. The number of H-pyrrole nitrogens is 1. The molecule has 110 valence electrons. The van der Waals surface area contributed by atoms with E-state index in [1.165, 1.54) is 0 Å². The topological polar surface area (TPSA) is 65.2 Å². The molecule has 1 aromatic carbocycles. The van der Waals surface area contributed by atoms with E-state index in [-0.39, 0.29) is 17.9 Å². The van der Waals surface area contributed by atoms with Gasteiger partial charge in [-0.15, -0.1) is 0 Å². The average molecular weight is 285 g/mol. The number of piperidine rings is 1. The highest BCUT2D eigenvalue weighted by Crippen LogP contribution is 2.18. The van der Waals surface area contributed by atoms with Gasteiger partial charge in [0, 0.05) is 48.7 Å². The summed E-state index contributed by atoms with van der Waals surface area (Å²) < 4.78 is 0. The van der Waals surface area contributed by atoms with E-state index in [0.717, 1.165) is 23.7 Å². The van der Waals surface area contributed by atoms with Gasteiger partial charge in [-0.2, -0.15) is 0 Å². The third-order valence-electron chi connectivity index (χ3n) is 4.12. The van der Waals surface area contributed by atoms with Gasteiger partial charge in [0.25, 0.3) is 5.91 Å². The minimum Gasteiger partial charge on any atom is -0.361 e. The van der Waals surface area contributed by atoms with Crippen LogP contribution in [-0.4, -0.2) is 40.8 Å². The smallest absolute Gasteiger partial charge is 0.252 e. The van der Waals surface area contributed by atoms with Crippen molar-refractivity contribution in [2.45, 2.75) is 25.8 Å². The first-order chi connectivity index (χ1) is 10.1. The van der Waals surface area contributed by atoms with Crippen molar-refractivity contribution in [3.63, 3.8) is 0 Å². The number of hydrogen-bond donors (Lipinski definition) is 2. The average Bonchev–Trinajstić information content (AvgIpc) is 2.96. The van der Waals surface area contributed by atoms with Gasteiger partial charge in [0.15, 0.2) is 0 Å². The van der Waals surface area contributed by atoms with Gasteiger partial charge in [0.05, 0.1) is 0 Å². The molecule has 0 atom stereocenters. The first kappa shape index (κ1) is 13.7. The minimum atomic E-state index is -0.0403. The van der Waals surface area contributed by atoms with E-state index in [4.69, 9.17) is 0 Å². The second-order valence-electron chi connectivity index (χ2n) is 5.50. The highest BCUT2D eigenvalue weighted by atomic mass is 16.2. The van der Waals surface area contributed by atoms with Crippen molar-refractivity contribution >= 4 is 22.7 Å². The van der Waals surface area contributed by atoms with Crippen molar-refractivity contribution in [2.75, 3.05) is 13.1 Å². The van der Waals surface area contributed by atoms with Gasteiger partial charge in [-0.3, -0.25) is 9.59 Å². The van der Waals surface area contributed by atoms with Crippen LogP contribution in [0.5, 0.6) is 0 Å². The predicted octanol–water partition coefficient (Wildman–Crippen LogP) is 1.91. The van der Waals surface area contributed by atoms with Crippen LogP contribution in [0, 0.1) is 0 Å². The molecule has 2 amide bonds. The second kappa shape index (κ2) is 5.60. The third kappa shape index (κ3) is 2.77. The normalized spacial score (nSPS) is 16.1. The minimum absolute atomic E-state index is 0.0403. The summed E-state index contributed by atoms with van der Waals surface area (Å²) in [6.07, 6.45) is 3.47. The number of aromatic nitrogens is 1. The first-order valence-corrected chi connectivity index (χ1v) is 7.27. The Morgan fingerprint density at radius 2 is 2.00 bits per heavy atom. The summed E-state index contributed by atoms with van der Waals surface area (Å²) in [5.74, 6) is 0.0679. The Kier molecular flexibility index (Phi) is 3.64. The first-order valence-electron chi connectivity index (χ1n) is 7.27. The lowest BCUT2D eigenvalue weighted by molar-refractivity contribution is -0.129. The number of nitrogens with one attached hydrogen (secondary N) is 2. The molecule has 1 fully saturated rings. The fourth-order valence-electron chi connectivity index (χ4n) is 2.89. The van der Waals surface area contributed by atoms with Crippen LogP contribution in [0.15, 0.2) is 30.5 Å². The van der Waals surface area contributed by atoms with Crippen molar-refractivity contribution in [3.05, 3.63) is 36.0 Å². The number of carbonyl (C=O) groups excluding carboxylic acids is 2. The molecule has 0 aliphatic carbocycles. The van der Waals surface area contributed by atoms with Gasteiger partial charge < -0.3 is 15.2 Å². The van der Waals surface area contributed by atoms with E-state index in [2.05, 4.69) is 10.3 Å². The quantitative estimate of drug-likeness (QED) is 0.885. The number of hydrogen-bond acceptors (Lipinski definition) is 2. The predicted molar refractivity (Wildman–Crippen MR) is 81.0 cm³/mol. The largest absolute Gasteiger partial charge is 0.361 e.